The summed E-state index contributed by atoms with van der Waals surface area (Å²) in [5, 5.41) is 9.08. The summed E-state index contributed by atoms with van der Waals surface area (Å²) in [5.41, 5.74) is 1.15. The second-order valence-electron chi connectivity index (χ2n) is 4.39. The normalized spacial score (nSPS) is 22.5. The Bertz CT molecular complexity index is 363. The van der Waals surface area contributed by atoms with E-state index in [2.05, 4.69) is 0 Å². The van der Waals surface area contributed by atoms with Crippen LogP contribution in [0.1, 0.15) is 24.9 Å². The second-order valence-corrected chi connectivity index (χ2v) is 4.39. The fourth-order valence-electron chi connectivity index (χ4n) is 2.22. The number of carbonyl (C=O) groups is 1. The number of benzene rings is 1. The maximum atomic E-state index is 11.8. The van der Waals surface area contributed by atoms with Crippen LogP contribution in [-0.4, -0.2) is 29.1 Å². The Kier molecular flexibility index (Phi) is 3.25. The summed E-state index contributed by atoms with van der Waals surface area (Å²) in [6.45, 7) is 2.81. The van der Waals surface area contributed by atoms with Crippen LogP contribution in [0.15, 0.2) is 30.3 Å². The number of likely N-dealkylation sites (tertiary alicyclic amines) is 1. The van der Waals surface area contributed by atoms with Crippen LogP contribution in [0, 0.1) is 5.92 Å². The highest BCUT2D eigenvalue weighted by molar-refractivity contribution is 5.79. The minimum atomic E-state index is 0.101. The van der Waals surface area contributed by atoms with E-state index in [-0.39, 0.29) is 24.5 Å². The molecule has 0 aromatic heterocycles. The Balaban J connectivity index is 2.11. The number of carbonyl (C=O) groups excluding carboxylic acids is 1. The lowest BCUT2D eigenvalue weighted by atomic mass is 10.1. The van der Waals surface area contributed by atoms with Crippen molar-refractivity contribution < 1.29 is 9.90 Å². The van der Waals surface area contributed by atoms with E-state index in [9.17, 15) is 4.79 Å². The van der Waals surface area contributed by atoms with Crippen molar-refractivity contribution in [1.82, 2.24) is 4.90 Å². The van der Waals surface area contributed by atoms with E-state index in [0.29, 0.717) is 13.0 Å². The summed E-state index contributed by atoms with van der Waals surface area (Å²) in [6.07, 6.45) is 0.480. The summed E-state index contributed by atoms with van der Waals surface area (Å²) in [5.74, 6) is 0.258. The van der Waals surface area contributed by atoms with Gasteiger partial charge < -0.3 is 10.0 Å². The molecular formula is C13H17NO2. The van der Waals surface area contributed by atoms with Crippen LogP contribution in [0.25, 0.3) is 0 Å². The predicted molar refractivity (Wildman–Crippen MR) is 61.8 cm³/mol. The molecule has 1 N–H and O–H groups in total. The zero-order chi connectivity index (χ0) is 11.5. The largest absolute Gasteiger partial charge is 0.396 e. The van der Waals surface area contributed by atoms with Gasteiger partial charge in [-0.3, -0.25) is 4.79 Å². The maximum absolute atomic E-state index is 11.8. The van der Waals surface area contributed by atoms with E-state index in [1.165, 1.54) is 0 Å². The molecule has 1 heterocycles. The molecule has 0 spiro atoms. The minimum Gasteiger partial charge on any atom is -0.396 e. The third kappa shape index (κ3) is 2.09. The standard InChI is InChI=1S/C13H17NO2/c1-10(12-5-3-2-4-6-12)14-8-11(9-15)7-13(14)16/h2-6,10-11,15H,7-9H2,1H3. The van der Waals surface area contributed by atoms with Gasteiger partial charge in [0.2, 0.25) is 5.91 Å². The third-order valence-corrected chi connectivity index (χ3v) is 3.25. The summed E-state index contributed by atoms with van der Waals surface area (Å²) in [4.78, 5) is 13.6. The highest BCUT2D eigenvalue weighted by Crippen LogP contribution is 2.27. The first-order chi connectivity index (χ1) is 7.72. The lowest BCUT2D eigenvalue weighted by Crippen LogP contribution is -2.28. The van der Waals surface area contributed by atoms with Crippen LogP contribution in [-0.2, 0) is 4.79 Å². The lowest BCUT2D eigenvalue weighted by Gasteiger charge is -2.25. The molecule has 1 saturated heterocycles. The van der Waals surface area contributed by atoms with Crippen molar-refractivity contribution in [2.45, 2.75) is 19.4 Å². The van der Waals surface area contributed by atoms with Crippen LogP contribution in [0.3, 0.4) is 0 Å². The Morgan fingerprint density at radius 3 is 2.69 bits per heavy atom. The number of hydrogen-bond donors (Lipinski definition) is 1. The van der Waals surface area contributed by atoms with Crippen molar-refractivity contribution in [3.05, 3.63) is 35.9 Å². The van der Waals surface area contributed by atoms with Gasteiger partial charge in [0, 0.05) is 25.5 Å². The van der Waals surface area contributed by atoms with Crippen LogP contribution in [0.2, 0.25) is 0 Å². The zero-order valence-electron chi connectivity index (χ0n) is 9.47. The average molecular weight is 219 g/mol. The molecule has 1 aliphatic rings. The van der Waals surface area contributed by atoms with Gasteiger partial charge in [-0.1, -0.05) is 30.3 Å². The molecule has 1 aromatic rings. The maximum Gasteiger partial charge on any atom is 0.223 e. The molecule has 3 heteroatoms. The molecule has 0 radical (unpaired) electrons. The van der Waals surface area contributed by atoms with Gasteiger partial charge in [0.1, 0.15) is 0 Å². The first-order valence-corrected chi connectivity index (χ1v) is 5.67. The summed E-state index contributed by atoms with van der Waals surface area (Å²) in [6, 6.07) is 10.1. The molecule has 2 atom stereocenters. The van der Waals surface area contributed by atoms with Gasteiger partial charge in [-0.2, -0.15) is 0 Å². The number of aliphatic hydroxyl groups excluding tert-OH is 1. The van der Waals surface area contributed by atoms with Crippen molar-refractivity contribution in [2.75, 3.05) is 13.2 Å². The molecule has 1 aromatic carbocycles. The first kappa shape index (κ1) is 11.1. The van der Waals surface area contributed by atoms with E-state index in [0.717, 1.165) is 5.56 Å². The molecule has 2 rings (SSSR count). The van der Waals surface area contributed by atoms with E-state index in [1.54, 1.807) is 0 Å². The zero-order valence-corrected chi connectivity index (χ0v) is 9.47. The minimum absolute atomic E-state index is 0.101. The molecule has 0 aliphatic carbocycles. The second kappa shape index (κ2) is 4.66. The molecule has 16 heavy (non-hydrogen) atoms. The highest BCUT2D eigenvalue weighted by Gasteiger charge is 2.32. The van der Waals surface area contributed by atoms with Gasteiger partial charge in [0.15, 0.2) is 0 Å². The third-order valence-electron chi connectivity index (χ3n) is 3.25. The molecule has 2 unspecified atom stereocenters. The van der Waals surface area contributed by atoms with E-state index in [4.69, 9.17) is 5.11 Å². The monoisotopic (exact) mass is 219 g/mol. The summed E-state index contributed by atoms with van der Waals surface area (Å²) in [7, 11) is 0. The SMILES string of the molecule is CC(c1ccccc1)N1CC(CO)CC1=O. The number of amides is 1. The molecule has 3 nitrogen and oxygen atoms in total. The Hall–Kier alpha value is -1.35. The molecular weight excluding hydrogens is 202 g/mol. The van der Waals surface area contributed by atoms with Gasteiger partial charge in [-0.05, 0) is 12.5 Å². The van der Waals surface area contributed by atoms with Crippen molar-refractivity contribution in [1.29, 1.82) is 0 Å². The molecule has 1 amide bonds. The molecule has 1 aliphatic heterocycles. The highest BCUT2D eigenvalue weighted by atomic mass is 16.3. The molecule has 86 valence electrons. The van der Waals surface area contributed by atoms with Gasteiger partial charge in [0.25, 0.3) is 0 Å². The number of rotatable bonds is 3. The summed E-state index contributed by atoms with van der Waals surface area (Å²) < 4.78 is 0. The number of aliphatic hydroxyl groups is 1. The van der Waals surface area contributed by atoms with Crippen LogP contribution >= 0.6 is 0 Å². The smallest absolute Gasteiger partial charge is 0.223 e. The Morgan fingerprint density at radius 2 is 2.12 bits per heavy atom. The van der Waals surface area contributed by atoms with Crippen LogP contribution < -0.4 is 0 Å². The lowest BCUT2D eigenvalue weighted by molar-refractivity contribution is -0.129. The fourth-order valence-corrected chi connectivity index (χ4v) is 2.22. The quantitative estimate of drug-likeness (QED) is 0.838. The van der Waals surface area contributed by atoms with Gasteiger partial charge in [-0.25, -0.2) is 0 Å². The van der Waals surface area contributed by atoms with Gasteiger partial charge >= 0.3 is 0 Å². The van der Waals surface area contributed by atoms with Crippen LogP contribution in [0.5, 0.6) is 0 Å². The number of hydrogen-bond acceptors (Lipinski definition) is 2. The molecule has 0 bridgehead atoms. The molecule has 1 fully saturated rings. The molecule has 0 saturated carbocycles. The first-order valence-electron chi connectivity index (χ1n) is 5.67. The Morgan fingerprint density at radius 1 is 1.44 bits per heavy atom. The Labute approximate surface area is 95.7 Å². The van der Waals surface area contributed by atoms with Crippen molar-refractivity contribution in [3.63, 3.8) is 0 Å². The predicted octanol–water partition coefficient (Wildman–Crippen LogP) is 1.59. The van der Waals surface area contributed by atoms with E-state index < -0.39 is 0 Å². The van der Waals surface area contributed by atoms with Crippen LogP contribution in [0.4, 0.5) is 0 Å². The van der Waals surface area contributed by atoms with Gasteiger partial charge in [0.05, 0.1) is 6.04 Å². The van der Waals surface area contributed by atoms with Crippen molar-refractivity contribution in [2.24, 2.45) is 5.92 Å². The number of nitrogens with zero attached hydrogens (tertiary/aromatic N) is 1. The van der Waals surface area contributed by atoms with Crippen molar-refractivity contribution in [3.8, 4) is 0 Å². The summed E-state index contributed by atoms with van der Waals surface area (Å²) >= 11 is 0. The van der Waals surface area contributed by atoms with E-state index >= 15 is 0 Å². The van der Waals surface area contributed by atoms with Gasteiger partial charge in [-0.15, -0.1) is 0 Å². The fraction of sp³-hybridized carbons (Fsp3) is 0.462. The van der Waals surface area contributed by atoms with E-state index in [1.807, 2.05) is 42.2 Å². The average Bonchev–Trinajstić information content (AvgIpc) is 2.71. The van der Waals surface area contributed by atoms with Crippen molar-refractivity contribution >= 4 is 5.91 Å². The topological polar surface area (TPSA) is 40.5 Å².